The fraction of sp³-hybridized carbons (Fsp3) is 0. The summed E-state index contributed by atoms with van der Waals surface area (Å²) in [6.07, 6.45) is 5.98. The fourth-order valence-corrected chi connectivity index (χ4v) is 11.0. The van der Waals surface area contributed by atoms with Gasteiger partial charge >= 0.3 is 0 Å². The number of para-hydroxylation sites is 5. The first-order valence-electron chi connectivity index (χ1n) is 24.1. The first-order chi connectivity index (χ1) is 35.2. The number of anilines is 6. The Morgan fingerprint density at radius 2 is 0.803 bits per heavy atom. The fourth-order valence-electron chi connectivity index (χ4n) is 11.0. The number of aromatic nitrogens is 3. The predicted octanol–water partition coefficient (Wildman–Crippen LogP) is 17.5. The Balaban J connectivity index is 0.885. The summed E-state index contributed by atoms with van der Waals surface area (Å²) in [5, 5.41) is 6.83. The van der Waals surface area contributed by atoms with Gasteiger partial charge in [-0.05, 0) is 153 Å². The van der Waals surface area contributed by atoms with Crippen molar-refractivity contribution in [3.8, 4) is 16.8 Å². The third-order valence-corrected chi connectivity index (χ3v) is 14.1. The van der Waals surface area contributed by atoms with Crippen molar-refractivity contribution < 1.29 is 0 Å². The van der Waals surface area contributed by atoms with Gasteiger partial charge in [0.15, 0.2) is 0 Å². The maximum absolute atomic E-state index is 5.06. The van der Waals surface area contributed by atoms with Crippen LogP contribution in [0.15, 0.2) is 255 Å². The van der Waals surface area contributed by atoms with Crippen LogP contribution in [-0.2, 0) is 0 Å². The lowest BCUT2D eigenvalue weighted by atomic mass is 9.95. The van der Waals surface area contributed by atoms with Crippen LogP contribution in [0.25, 0.3) is 82.8 Å². The first kappa shape index (κ1) is 40.5. The highest BCUT2D eigenvalue weighted by Crippen LogP contribution is 2.49. The van der Waals surface area contributed by atoms with Gasteiger partial charge in [-0.2, -0.15) is 0 Å². The normalized spacial score (nSPS) is 12.5. The third-order valence-electron chi connectivity index (χ3n) is 14.1. The van der Waals surface area contributed by atoms with E-state index in [9.17, 15) is 0 Å². The molecule has 0 saturated heterocycles. The molecular weight excluding hydrogens is 863 g/mol. The van der Waals surface area contributed by atoms with Gasteiger partial charge < -0.3 is 14.4 Å². The van der Waals surface area contributed by atoms with E-state index in [4.69, 9.17) is 9.97 Å². The van der Waals surface area contributed by atoms with E-state index in [1.807, 2.05) is 12.4 Å². The molecule has 14 rings (SSSR count). The van der Waals surface area contributed by atoms with Crippen molar-refractivity contribution >= 4 is 100 Å². The Labute approximate surface area is 411 Å². The van der Waals surface area contributed by atoms with E-state index in [0.29, 0.717) is 0 Å². The molecule has 71 heavy (non-hydrogen) atoms. The monoisotopic (exact) mass is 905 g/mol. The highest BCUT2D eigenvalue weighted by molar-refractivity contribution is 6.24. The van der Waals surface area contributed by atoms with Crippen LogP contribution in [0.4, 0.5) is 34.1 Å². The van der Waals surface area contributed by atoms with Gasteiger partial charge in [0.05, 0.1) is 22.1 Å². The number of benzene rings is 11. The van der Waals surface area contributed by atoms with Crippen molar-refractivity contribution in [2.75, 3.05) is 9.80 Å². The van der Waals surface area contributed by atoms with E-state index in [1.54, 1.807) is 0 Å². The SMILES string of the molecule is C(=C1/c2ccccc2-c2cc(N(c3ccccc3)c3ccccc3)ccc21)/c1ccc2c3ccc(-n4c5ccccc5c5cc(N(c6ccccc6)c6ccccc6)ccc54)cc3c3nccnc3c2c1. The van der Waals surface area contributed by atoms with E-state index in [1.165, 1.54) is 38.6 Å². The number of fused-ring (bicyclic) bond motifs is 12. The van der Waals surface area contributed by atoms with Crippen LogP contribution < -0.4 is 9.80 Å². The molecule has 2 aromatic heterocycles. The van der Waals surface area contributed by atoms with E-state index in [0.717, 1.165) is 89.0 Å². The smallest absolute Gasteiger partial charge is 0.0972 e. The van der Waals surface area contributed by atoms with Crippen LogP contribution >= 0.6 is 0 Å². The van der Waals surface area contributed by atoms with Crippen molar-refractivity contribution in [3.63, 3.8) is 0 Å². The standard InChI is InChI=1S/C66H43N5/c1-5-17-45(18-6-1)69(46-19-7-2-8-20-46)49-30-35-56-58(52-25-13-14-26-53(52)59(56)41-49)39-44-29-33-54-55-34-31-51(43-62(55)66-65(61(54)40-44)67-37-38-68-66)71-63-28-16-15-27-57(63)60-42-50(32-36-64(60)71)70(47-21-9-3-10-22-47)48-23-11-4-12-24-48/h1-43H/b58-39+. The topological polar surface area (TPSA) is 37.2 Å². The van der Waals surface area contributed by atoms with E-state index in [2.05, 4.69) is 263 Å². The molecule has 0 fully saturated rings. The highest BCUT2D eigenvalue weighted by atomic mass is 15.1. The van der Waals surface area contributed by atoms with E-state index < -0.39 is 0 Å². The molecule has 5 nitrogen and oxygen atoms in total. The van der Waals surface area contributed by atoms with Crippen molar-refractivity contribution in [2.24, 2.45) is 0 Å². The molecule has 0 atom stereocenters. The number of nitrogens with zero attached hydrogens (tertiary/aromatic N) is 5. The summed E-state index contributed by atoms with van der Waals surface area (Å²) in [6, 6.07) is 87.3. The zero-order valence-corrected chi connectivity index (χ0v) is 38.6. The maximum Gasteiger partial charge on any atom is 0.0972 e. The molecule has 1 aliphatic carbocycles. The Morgan fingerprint density at radius 3 is 1.44 bits per heavy atom. The molecule has 0 spiro atoms. The lowest BCUT2D eigenvalue weighted by molar-refractivity contribution is 1.18. The van der Waals surface area contributed by atoms with Gasteiger partial charge in [-0.25, -0.2) is 0 Å². The minimum Gasteiger partial charge on any atom is -0.310 e. The zero-order valence-electron chi connectivity index (χ0n) is 38.6. The van der Waals surface area contributed by atoms with E-state index >= 15 is 0 Å². The lowest BCUT2D eigenvalue weighted by Gasteiger charge is -2.26. The molecule has 2 heterocycles. The molecule has 0 amide bonds. The van der Waals surface area contributed by atoms with Gasteiger partial charge in [-0.1, -0.05) is 140 Å². The van der Waals surface area contributed by atoms with Crippen LogP contribution in [0.5, 0.6) is 0 Å². The molecule has 5 heteroatoms. The quantitative estimate of drug-likeness (QED) is 0.142. The van der Waals surface area contributed by atoms with Crippen molar-refractivity contribution in [2.45, 2.75) is 0 Å². The minimum absolute atomic E-state index is 0.886. The van der Waals surface area contributed by atoms with Crippen LogP contribution in [-0.4, -0.2) is 14.5 Å². The third kappa shape index (κ3) is 6.70. The largest absolute Gasteiger partial charge is 0.310 e. The average molecular weight is 906 g/mol. The van der Waals surface area contributed by atoms with Crippen molar-refractivity contribution in [1.29, 1.82) is 0 Å². The van der Waals surface area contributed by atoms with Crippen LogP contribution in [0.3, 0.4) is 0 Å². The molecule has 0 N–H and O–H groups in total. The van der Waals surface area contributed by atoms with Gasteiger partial charge in [0.2, 0.25) is 0 Å². The van der Waals surface area contributed by atoms with Gasteiger partial charge in [-0.15, -0.1) is 0 Å². The summed E-state index contributed by atoms with van der Waals surface area (Å²) in [7, 11) is 0. The first-order valence-corrected chi connectivity index (χ1v) is 24.1. The van der Waals surface area contributed by atoms with Crippen molar-refractivity contribution in [1.82, 2.24) is 14.5 Å². The summed E-state index contributed by atoms with van der Waals surface area (Å²) in [4.78, 5) is 14.8. The molecule has 11 aromatic carbocycles. The number of rotatable bonds is 8. The van der Waals surface area contributed by atoms with Crippen molar-refractivity contribution in [3.05, 3.63) is 272 Å². The number of hydrogen-bond acceptors (Lipinski definition) is 4. The minimum atomic E-state index is 0.886. The Morgan fingerprint density at radius 1 is 0.310 bits per heavy atom. The molecule has 0 aliphatic heterocycles. The Bertz CT molecular complexity index is 4120. The summed E-state index contributed by atoms with van der Waals surface area (Å²) in [6.45, 7) is 0. The summed E-state index contributed by atoms with van der Waals surface area (Å²) in [5.41, 5.74) is 19.0. The Hall–Kier alpha value is -9.58. The van der Waals surface area contributed by atoms with Gasteiger partial charge in [0.1, 0.15) is 0 Å². The number of hydrogen-bond donors (Lipinski definition) is 0. The van der Waals surface area contributed by atoms with Gasteiger partial charge in [0, 0.05) is 73.8 Å². The summed E-state index contributed by atoms with van der Waals surface area (Å²) >= 11 is 0. The van der Waals surface area contributed by atoms with Gasteiger partial charge in [-0.3, -0.25) is 9.97 Å². The molecule has 0 unspecified atom stereocenters. The lowest BCUT2D eigenvalue weighted by Crippen LogP contribution is -2.09. The predicted molar refractivity (Wildman–Crippen MR) is 297 cm³/mol. The molecule has 0 saturated carbocycles. The molecule has 13 aromatic rings. The second-order valence-electron chi connectivity index (χ2n) is 18.2. The Kier molecular flexibility index (Phi) is 9.46. The molecule has 1 aliphatic rings. The molecule has 332 valence electrons. The summed E-state index contributed by atoms with van der Waals surface area (Å²) in [5.74, 6) is 0. The average Bonchev–Trinajstić information content (AvgIpc) is 3.94. The summed E-state index contributed by atoms with van der Waals surface area (Å²) < 4.78 is 2.39. The maximum atomic E-state index is 5.06. The van der Waals surface area contributed by atoms with E-state index in [-0.39, 0.29) is 0 Å². The second kappa shape index (κ2) is 16.6. The van der Waals surface area contributed by atoms with Gasteiger partial charge in [0.25, 0.3) is 0 Å². The van der Waals surface area contributed by atoms with Crippen LogP contribution in [0.2, 0.25) is 0 Å². The highest BCUT2D eigenvalue weighted by Gasteiger charge is 2.26. The van der Waals surface area contributed by atoms with Crippen LogP contribution in [0, 0.1) is 0 Å². The molecule has 0 bridgehead atoms. The second-order valence-corrected chi connectivity index (χ2v) is 18.2. The molecule has 0 radical (unpaired) electrons. The molecular formula is C66H43N5. The zero-order chi connectivity index (χ0) is 46.8. The van der Waals surface area contributed by atoms with Crippen LogP contribution in [0.1, 0.15) is 16.7 Å².